The van der Waals surface area contributed by atoms with Gasteiger partial charge in [-0.3, -0.25) is 10.2 Å². The average molecular weight is 382 g/mol. The van der Waals surface area contributed by atoms with Crippen molar-refractivity contribution in [3.63, 3.8) is 0 Å². The molecule has 6 nitrogen and oxygen atoms in total. The molecule has 0 atom stereocenters. The molecule has 1 aliphatic heterocycles. The lowest BCUT2D eigenvalue weighted by molar-refractivity contribution is -0.131. The maximum Gasteiger partial charge on any atom is 0.222 e. The van der Waals surface area contributed by atoms with Gasteiger partial charge in [-0.15, -0.1) is 0 Å². The van der Waals surface area contributed by atoms with Crippen LogP contribution in [0.1, 0.15) is 57.8 Å². The monoisotopic (exact) mass is 381 g/mol. The molecule has 2 rings (SSSR count). The van der Waals surface area contributed by atoms with Gasteiger partial charge in [0.05, 0.1) is 0 Å². The van der Waals surface area contributed by atoms with E-state index in [0.29, 0.717) is 23.0 Å². The number of hydrogen-bond donors (Lipinski definition) is 2. The van der Waals surface area contributed by atoms with Gasteiger partial charge in [-0.2, -0.15) is 5.10 Å². The van der Waals surface area contributed by atoms with E-state index in [1.54, 1.807) is 16.8 Å². The lowest BCUT2D eigenvalue weighted by Crippen LogP contribution is -2.46. The van der Waals surface area contributed by atoms with Gasteiger partial charge in [-0.1, -0.05) is 50.1 Å². The van der Waals surface area contributed by atoms with Crippen molar-refractivity contribution < 1.29 is 4.79 Å². The second kappa shape index (κ2) is 12.1. The van der Waals surface area contributed by atoms with E-state index in [1.165, 1.54) is 25.7 Å². The number of unbranched alkanes of at least 4 members (excludes halogenated alkanes) is 7. The number of amides is 1. The fraction of sp³-hybridized carbons (Fsp3) is 0.737. The largest absolute Gasteiger partial charge is 0.340 e. The van der Waals surface area contributed by atoms with E-state index >= 15 is 0 Å². The minimum Gasteiger partial charge on any atom is -0.340 e. The van der Waals surface area contributed by atoms with Crippen molar-refractivity contribution in [2.75, 3.05) is 26.2 Å². The second-order valence-corrected chi connectivity index (χ2v) is 7.36. The Morgan fingerprint density at radius 1 is 1.04 bits per heavy atom. The fourth-order valence-electron chi connectivity index (χ4n) is 3.28. The number of carbonyl (C=O) groups is 1. The SMILES string of the molecule is N=c1ccc(Cl)nn1CCCCCCCCCCC(=O)N1CCNCC1. The van der Waals surface area contributed by atoms with Gasteiger partial charge in [-0.25, -0.2) is 4.68 Å². The molecule has 7 heteroatoms. The third-order valence-electron chi connectivity index (χ3n) is 4.85. The van der Waals surface area contributed by atoms with Crippen molar-refractivity contribution in [2.24, 2.45) is 0 Å². The van der Waals surface area contributed by atoms with E-state index in [4.69, 9.17) is 17.0 Å². The quantitative estimate of drug-likeness (QED) is 0.579. The number of nitrogens with zero attached hydrogens (tertiary/aromatic N) is 3. The van der Waals surface area contributed by atoms with Gasteiger partial charge in [-0.05, 0) is 25.0 Å². The summed E-state index contributed by atoms with van der Waals surface area (Å²) in [5.41, 5.74) is 0.407. The Bertz CT molecular complexity index is 598. The number of aromatic nitrogens is 2. The van der Waals surface area contributed by atoms with E-state index < -0.39 is 0 Å². The second-order valence-electron chi connectivity index (χ2n) is 6.97. The van der Waals surface area contributed by atoms with Crippen LogP contribution in [0.2, 0.25) is 5.15 Å². The summed E-state index contributed by atoms with van der Waals surface area (Å²) in [6, 6.07) is 3.33. The van der Waals surface area contributed by atoms with Crippen LogP contribution >= 0.6 is 11.6 Å². The van der Waals surface area contributed by atoms with Crippen LogP contribution in [0.4, 0.5) is 0 Å². The normalized spacial score (nSPS) is 14.6. The third kappa shape index (κ3) is 7.87. The summed E-state index contributed by atoms with van der Waals surface area (Å²) in [7, 11) is 0. The molecule has 146 valence electrons. The molecule has 0 aromatic carbocycles. The maximum atomic E-state index is 12.0. The van der Waals surface area contributed by atoms with Crippen molar-refractivity contribution in [3.05, 3.63) is 22.8 Å². The van der Waals surface area contributed by atoms with Gasteiger partial charge >= 0.3 is 0 Å². The summed E-state index contributed by atoms with van der Waals surface area (Å²) in [5.74, 6) is 0.326. The summed E-state index contributed by atoms with van der Waals surface area (Å²) in [5, 5.41) is 15.7. The Morgan fingerprint density at radius 3 is 2.35 bits per heavy atom. The highest BCUT2D eigenvalue weighted by atomic mass is 35.5. The molecule has 1 aliphatic rings. The lowest BCUT2D eigenvalue weighted by atomic mass is 10.1. The van der Waals surface area contributed by atoms with Crippen LogP contribution in [-0.4, -0.2) is 46.8 Å². The number of nitrogens with one attached hydrogen (secondary N) is 2. The van der Waals surface area contributed by atoms with E-state index in [2.05, 4.69) is 10.4 Å². The molecular weight excluding hydrogens is 350 g/mol. The number of hydrogen-bond acceptors (Lipinski definition) is 4. The first-order valence-electron chi connectivity index (χ1n) is 9.93. The summed E-state index contributed by atoms with van der Waals surface area (Å²) in [6.45, 7) is 4.35. The number of carbonyl (C=O) groups excluding carboxylic acids is 1. The molecule has 1 amide bonds. The maximum absolute atomic E-state index is 12.0. The van der Waals surface area contributed by atoms with Crippen molar-refractivity contribution in [3.8, 4) is 0 Å². The van der Waals surface area contributed by atoms with Gasteiger partial charge < -0.3 is 10.2 Å². The molecule has 2 heterocycles. The van der Waals surface area contributed by atoms with Crippen molar-refractivity contribution >= 4 is 17.5 Å². The Labute approximate surface area is 161 Å². The highest BCUT2D eigenvalue weighted by molar-refractivity contribution is 6.29. The summed E-state index contributed by atoms with van der Waals surface area (Å²) < 4.78 is 1.66. The Hall–Kier alpha value is -1.40. The fourth-order valence-corrected chi connectivity index (χ4v) is 3.43. The van der Waals surface area contributed by atoms with Crippen LogP contribution < -0.4 is 10.8 Å². The zero-order chi connectivity index (χ0) is 18.6. The summed E-state index contributed by atoms with van der Waals surface area (Å²) in [6.07, 6.45) is 9.99. The van der Waals surface area contributed by atoms with Crippen LogP contribution in [-0.2, 0) is 11.3 Å². The van der Waals surface area contributed by atoms with Crippen molar-refractivity contribution in [1.82, 2.24) is 20.0 Å². The van der Waals surface area contributed by atoms with Crippen LogP contribution in [0.5, 0.6) is 0 Å². The molecule has 1 saturated heterocycles. The number of piperazine rings is 1. The van der Waals surface area contributed by atoms with Crippen molar-refractivity contribution in [2.45, 2.75) is 64.3 Å². The number of halogens is 1. The van der Waals surface area contributed by atoms with Crippen LogP contribution in [0.3, 0.4) is 0 Å². The van der Waals surface area contributed by atoms with E-state index in [0.717, 1.165) is 58.4 Å². The summed E-state index contributed by atoms with van der Waals surface area (Å²) >= 11 is 5.86. The Kier molecular flexibility index (Phi) is 9.71. The minimum atomic E-state index is 0.326. The third-order valence-corrected chi connectivity index (χ3v) is 5.05. The van der Waals surface area contributed by atoms with Gasteiger partial charge in [0.1, 0.15) is 10.6 Å². The van der Waals surface area contributed by atoms with E-state index in [-0.39, 0.29) is 0 Å². The zero-order valence-corrected chi connectivity index (χ0v) is 16.4. The predicted molar refractivity (Wildman–Crippen MR) is 104 cm³/mol. The average Bonchev–Trinajstić information content (AvgIpc) is 2.66. The van der Waals surface area contributed by atoms with Crippen LogP contribution in [0.15, 0.2) is 12.1 Å². The molecule has 1 aromatic rings. The van der Waals surface area contributed by atoms with Crippen molar-refractivity contribution in [1.29, 1.82) is 5.41 Å². The number of aryl methyl sites for hydroxylation is 1. The first-order valence-corrected chi connectivity index (χ1v) is 10.3. The molecule has 0 saturated carbocycles. The number of rotatable bonds is 11. The topological polar surface area (TPSA) is 74.0 Å². The molecule has 1 fully saturated rings. The standard InChI is InChI=1S/C19H32ClN5O/c20-17-10-11-18(21)25(23-17)14-8-6-4-2-1-3-5-7-9-19(26)24-15-12-22-13-16-24/h10-11,21-22H,1-9,12-16H2. The van der Waals surface area contributed by atoms with E-state index in [9.17, 15) is 4.79 Å². The molecular formula is C19H32ClN5O. The first-order chi connectivity index (χ1) is 12.7. The summed E-state index contributed by atoms with van der Waals surface area (Å²) in [4.78, 5) is 14.0. The highest BCUT2D eigenvalue weighted by Gasteiger charge is 2.14. The van der Waals surface area contributed by atoms with Gasteiger partial charge in [0.25, 0.3) is 0 Å². The Morgan fingerprint density at radius 2 is 1.65 bits per heavy atom. The van der Waals surface area contributed by atoms with Crippen LogP contribution in [0.25, 0.3) is 0 Å². The van der Waals surface area contributed by atoms with Gasteiger partial charge in [0, 0.05) is 39.1 Å². The molecule has 0 unspecified atom stereocenters. The van der Waals surface area contributed by atoms with E-state index in [1.807, 2.05) is 4.90 Å². The van der Waals surface area contributed by atoms with Gasteiger partial charge in [0.15, 0.2) is 0 Å². The molecule has 26 heavy (non-hydrogen) atoms. The van der Waals surface area contributed by atoms with Gasteiger partial charge in [0.2, 0.25) is 5.91 Å². The predicted octanol–water partition coefficient (Wildman–Crippen LogP) is 2.96. The first kappa shape index (κ1) is 20.9. The molecule has 0 aliphatic carbocycles. The Balaban J connectivity index is 1.42. The molecule has 0 bridgehead atoms. The molecule has 0 spiro atoms. The van der Waals surface area contributed by atoms with Crippen LogP contribution in [0, 0.1) is 5.41 Å². The molecule has 2 N–H and O–H groups in total. The highest BCUT2D eigenvalue weighted by Crippen LogP contribution is 2.11. The minimum absolute atomic E-state index is 0.326. The lowest BCUT2D eigenvalue weighted by Gasteiger charge is -2.27. The molecule has 1 aromatic heterocycles. The molecule has 0 radical (unpaired) electrons. The zero-order valence-electron chi connectivity index (χ0n) is 15.7. The smallest absolute Gasteiger partial charge is 0.222 e.